The molecule has 2 amide bonds. The fraction of sp³-hybridized carbons (Fsp3) is 0.444. The van der Waals surface area contributed by atoms with Crippen LogP contribution in [0, 0.1) is 30.6 Å². The summed E-state index contributed by atoms with van der Waals surface area (Å²) in [5.41, 5.74) is 1.43. The molecule has 4 atom stereocenters. The first-order valence-electron chi connectivity index (χ1n) is 8.26. The molecule has 0 spiro atoms. The highest BCUT2D eigenvalue weighted by atomic mass is 35.5. The van der Waals surface area contributed by atoms with Gasteiger partial charge in [0.15, 0.2) is 0 Å². The van der Waals surface area contributed by atoms with Gasteiger partial charge in [0.1, 0.15) is 18.3 Å². The van der Waals surface area contributed by atoms with E-state index in [4.69, 9.17) is 16.3 Å². The molecule has 0 radical (unpaired) electrons. The van der Waals surface area contributed by atoms with Crippen molar-refractivity contribution in [2.24, 2.45) is 23.7 Å². The van der Waals surface area contributed by atoms with E-state index in [0.717, 1.165) is 16.9 Å². The molecule has 6 nitrogen and oxygen atoms in total. The van der Waals surface area contributed by atoms with Gasteiger partial charge in [0.25, 0.3) is 0 Å². The molecule has 1 aliphatic heterocycles. The summed E-state index contributed by atoms with van der Waals surface area (Å²) in [4.78, 5) is 42.3. The third kappa shape index (κ3) is 2.74. The third-order valence-corrected chi connectivity index (χ3v) is 5.41. The van der Waals surface area contributed by atoms with Crippen LogP contribution < -0.4 is 0 Å². The van der Waals surface area contributed by atoms with E-state index in [0.29, 0.717) is 10.8 Å². The fourth-order valence-corrected chi connectivity index (χ4v) is 4.50. The molecule has 2 bridgehead atoms. The quantitative estimate of drug-likeness (QED) is 0.355. The number of allylic oxidation sites excluding steroid dienone is 2. The van der Waals surface area contributed by atoms with Crippen LogP contribution in [-0.4, -0.2) is 34.2 Å². The number of fused-ring (bicyclic) bond motifs is 5. The number of aromatic nitrogens is 1. The summed E-state index contributed by atoms with van der Waals surface area (Å²) < 4.78 is 5.17. The monoisotopic (exact) mass is 360 g/mol. The van der Waals surface area contributed by atoms with Crippen LogP contribution in [0.1, 0.15) is 17.7 Å². The average molecular weight is 361 g/mol. The lowest BCUT2D eigenvalue weighted by Crippen LogP contribution is -2.38. The van der Waals surface area contributed by atoms with Gasteiger partial charge in [0.2, 0.25) is 11.8 Å². The van der Waals surface area contributed by atoms with Gasteiger partial charge in [-0.2, -0.15) is 0 Å². The summed E-state index contributed by atoms with van der Waals surface area (Å²) in [6.45, 7) is 1.47. The summed E-state index contributed by atoms with van der Waals surface area (Å²) in [6.07, 6.45) is 4.91. The molecule has 4 rings (SSSR count). The first-order valence-corrected chi connectivity index (χ1v) is 8.64. The maximum atomic E-state index is 12.5. The van der Waals surface area contributed by atoms with E-state index in [2.05, 4.69) is 4.98 Å². The van der Waals surface area contributed by atoms with Crippen LogP contribution >= 0.6 is 11.6 Å². The first kappa shape index (κ1) is 16.3. The summed E-state index contributed by atoms with van der Waals surface area (Å²) in [5, 5.41) is 0.326. The van der Waals surface area contributed by atoms with E-state index < -0.39 is 5.97 Å². The number of rotatable bonds is 4. The van der Waals surface area contributed by atoms with E-state index in [1.807, 2.05) is 19.1 Å². The Labute approximate surface area is 149 Å². The van der Waals surface area contributed by atoms with Crippen LogP contribution in [0.15, 0.2) is 24.3 Å². The van der Waals surface area contributed by atoms with Gasteiger partial charge in [-0.3, -0.25) is 19.3 Å². The van der Waals surface area contributed by atoms with Crippen molar-refractivity contribution in [3.8, 4) is 0 Å². The number of amides is 2. The van der Waals surface area contributed by atoms with Crippen LogP contribution in [0.25, 0.3) is 0 Å². The zero-order valence-corrected chi connectivity index (χ0v) is 14.4. The van der Waals surface area contributed by atoms with Crippen LogP contribution in [0.4, 0.5) is 0 Å². The maximum absolute atomic E-state index is 12.5. The van der Waals surface area contributed by atoms with E-state index in [9.17, 15) is 14.4 Å². The lowest BCUT2D eigenvalue weighted by atomic mass is 9.85. The molecule has 25 heavy (non-hydrogen) atoms. The Kier molecular flexibility index (Phi) is 3.87. The molecule has 0 unspecified atom stereocenters. The zero-order chi connectivity index (χ0) is 17.7. The second-order valence-electron chi connectivity index (χ2n) is 6.88. The predicted molar refractivity (Wildman–Crippen MR) is 88.2 cm³/mol. The molecule has 130 valence electrons. The number of halogens is 1. The van der Waals surface area contributed by atoms with Gasteiger partial charge in [0, 0.05) is 0 Å². The van der Waals surface area contributed by atoms with Gasteiger partial charge >= 0.3 is 5.97 Å². The molecular formula is C18H17ClN2O4. The SMILES string of the molecule is Cc1cc(Cl)nc(COC(=O)CN2C(=O)[C@@H]3[C@@H](C2=O)[C@H]2C=C[C@H]3C2)c1. The van der Waals surface area contributed by atoms with Gasteiger partial charge in [-0.15, -0.1) is 0 Å². The van der Waals surface area contributed by atoms with Crippen molar-refractivity contribution >= 4 is 29.4 Å². The lowest BCUT2D eigenvalue weighted by molar-refractivity contribution is -0.154. The van der Waals surface area contributed by atoms with E-state index in [1.54, 1.807) is 12.1 Å². The molecule has 1 saturated heterocycles. The number of likely N-dealkylation sites (tertiary alicyclic amines) is 1. The summed E-state index contributed by atoms with van der Waals surface area (Å²) in [7, 11) is 0. The number of esters is 1. The second-order valence-corrected chi connectivity index (χ2v) is 7.27. The minimum Gasteiger partial charge on any atom is -0.458 e. The average Bonchev–Trinajstić information content (AvgIpc) is 3.22. The van der Waals surface area contributed by atoms with E-state index in [1.165, 1.54) is 0 Å². The number of aryl methyl sites for hydroxylation is 1. The number of carbonyl (C=O) groups excluding carboxylic acids is 3. The van der Waals surface area contributed by atoms with Gasteiger partial charge in [-0.1, -0.05) is 23.8 Å². The Morgan fingerprint density at radius 3 is 2.48 bits per heavy atom. The largest absolute Gasteiger partial charge is 0.458 e. The molecule has 2 fully saturated rings. The van der Waals surface area contributed by atoms with Crippen LogP contribution in [-0.2, 0) is 25.7 Å². The standard InChI is InChI=1S/C18H17ClN2O4/c1-9-4-12(20-13(19)5-9)8-25-14(22)7-21-17(23)15-10-2-3-11(6-10)16(15)18(21)24/h2-5,10-11,15-16H,6-8H2,1H3/t10-,11-,15-,16-/m0/s1. The Bertz CT molecular complexity index is 756. The minimum atomic E-state index is -0.624. The number of ether oxygens (including phenoxy) is 1. The molecular weight excluding hydrogens is 344 g/mol. The highest BCUT2D eigenvalue weighted by Gasteiger charge is 2.59. The van der Waals surface area contributed by atoms with Crippen molar-refractivity contribution < 1.29 is 19.1 Å². The molecule has 0 aromatic carbocycles. The molecule has 2 heterocycles. The fourth-order valence-electron chi connectivity index (χ4n) is 4.22. The van der Waals surface area contributed by atoms with Crippen molar-refractivity contribution in [1.82, 2.24) is 9.88 Å². The molecule has 1 aromatic rings. The normalized spacial score (nSPS) is 29.4. The van der Waals surface area contributed by atoms with Crippen molar-refractivity contribution in [1.29, 1.82) is 0 Å². The predicted octanol–water partition coefficient (Wildman–Crippen LogP) is 1.89. The number of pyridine rings is 1. The minimum absolute atomic E-state index is 0.0455. The highest BCUT2D eigenvalue weighted by Crippen LogP contribution is 2.52. The Hall–Kier alpha value is -2.21. The second kappa shape index (κ2) is 5.95. The van der Waals surface area contributed by atoms with Gasteiger partial charge in [-0.05, 0) is 42.9 Å². The van der Waals surface area contributed by atoms with Crippen molar-refractivity contribution in [3.05, 3.63) is 40.7 Å². The number of hydrogen-bond donors (Lipinski definition) is 0. The number of nitrogens with zero attached hydrogens (tertiary/aromatic N) is 2. The Morgan fingerprint density at radius 1 is 1.24 bits per heavy atom. The molecule has 1 saturated carbocycles. The van der Waals surface area contributed by atoms with Gasteiger partial charge in [-0.25, -0.2) is 4.98 Å². The zero-order valence-electron chi connectivity index (χ0n) is 13.6. The Morgan fingerprint density at radius 2 is 1.88 bits per heavy atom. The van der Waals surface area contributed by atoms with Gasteiger partial charge in [0.05, 0.1) is 17.5 Å². The molecule has 0 N–H and O–H groups in total. The smallest absolute Gasteiger partial charge is 0.326 e. The van der Waals surface area contributed by atoms with Crippen molar-refractivity contribution in [3.63, 3.8) is 0 Å². The van der Waals surface area contributed by atoms with Crippen LogP contribution in [0.2, 0.25) is 5.15 Å². The summed E-state index contributed by atoms with van der Waals surface area (Å²) in [6, 6.07) is 3.47. The number of imide groups is 1. The molecule has 1 aromatic heterocycles. The van der Waals surface area contributed by atoms with Crippen LogP contribution in [0.3, 0.4) is 0 Å². The highest BCUT2D eigenvalue weighted by molar-refractivity contribution is 6.29. The topological polar surface area (TPSA) is 76.6 Å². The first-order chi connectivity index (χ1) is 11.9. The van der Waals surface area contributed by atoms with Crippen LogP contribution in [0.5, 0.6) is 0 Å². The molecule has 2 aliphatic carbocycles. The van der Waals surface area contributed by atoms with Crippen molar-refractivity contribution in [2.45, 2.75) is 20.0 Å². The van der Waals surface area contributed by atoms with E-state index in [-0.39, 0.29) is 48.6 Å². The summed E-state index contributed by atoms with van der Waals surface area (Å²) in [5.74, 6) is -1.46. The number of carbonyl (C=O) groups is 3. The Balaban J connectivity index is 1.38. The summed E-state index contributed by atoms with van der Waals surface area (Å²) >= 11 is 5.87. The van der Waals surface area contributed by atoms with Crippen molar-refractivity contribution in [2.75, 3.05) is 6.54 Å². The third-order valence-electron chi connectivity index (χ3n) is 5.22. The molecule has 7 heteroatoms. The molecule has 3 aliphatic rings. The lowest BCUT2D eigenvalue weighted by Gasteiger charge is -2.16. The number of hydrogen-bond acceptors (Lipinski definition) is 5. The van der Waals surface area contributed by atoms with Gasteiger partial charge < -0.3 is 4.74 Å². The van der Waals surface area contributed by atoms with E-state index >= 15 is 0 Å². The maximum Gasteiger partial charge on any atom is 0.326 e.